The topological polar surface area (TPSA) is 17.0 Å². The van der Waals surface area contributed by atoms with Gasteiger partial charge < -0.3 is 9.88 Å². The van der Waals surface area contributed by atoms with Gasteiger partial charge in [0.05, 0.1) is 11.0 Å². The number of para-hydroxylation sites is 2. The monoisotopic (exact) mass is 668 g/mol. The van der Waals surface area contributed by atoms with Crippen LogP contribution in [0.1, 0.15) is 0 Å². The lowest BCUT2D eigenvalue weighted by Crippen LogP contribution is -2.74. The molecule has 242 valence electrons. The van der Waals surface area contributed by atoms with Crippen molar-refractivity contribution in [2.24, 2.45) is 0 Å². The second-order valence-electron chi connectivity index (χ2n) is 13.0. The van der Waals surface area contributed by atoms with Crippen LogP contribution in [-0.4, -0.2) is 12.6 Å². The molecule has 3 heteroatoms. The van der Waals surface area contributed by atoms with Crippen molar-refractivity contribution in [2.45, 2.75) is 0 Å². The molecule has 0 saturated heterocycles. The molecule has 0 aliphatic rings. The molecule has 0 fully saturated rings. The smallest absolute Gasteiger partial charge is 0.179 e. The summed E-state index contributed by atoms with van der Waals surface area (Å²) in [4.78, 5) is 0. The quantitative estimate of drug-likeness (QED) is 0.126. The van der Waals surface area contributed by atoms with E-state index in [9.17, 15) is 0 Å². The summed E-state index contributed by atoms with van der Waals surface area (Å²) in [6.07, 6.45) is 0. The Labute approximate surface area is 299 Å². The Morgan fingerprint density at radius 3 is 1.37 bits per heavy atom. The Balaban J connectivity index is 1.07. The Morgan fingerprint density at radius 1 is 0.353 bits per heavy atom. The molecule has 1 N–H and O–H groups in total. The van der Waals surface area contributed by atoms with Crippen molar-refractivity contribution >= 4 is 62.0 Å². The molecule has 2 nitrogen and oxygen atoms in total. The third-order valence-corrected chi connectivity index (χ3v) is 14.9. The molecule has 0 aliphatic heterocycles. The van der Waals surface area contributed by atoms with Gasteiger partial charge >= 0.3 is 0 Å². The van der Waals surface area contributed by atoms with Gasteiger partial charge in [-0.3, -0.25) is 0 Å². The molecule has 0 saturated carbocycles. The third-order valence-electron chi connectivity index (χ3n) is 10.1. The maximum atomic E-state index is 3.76. The number of anilines is 2. The molecule has 0 radical (unpaired) electrons. The van der Waals surface area contributed by atoms with Gasteiger partial charge in [0, 0.05) is 27.8 Å². The Kier molecular flexibility index (Phi) is 7.88. The minimum absolute atomic E-state index is 1.06. The molecule has 1 heterocycles. The van der Waals surface area contributed by atoms with Gasteiger partial charge in [0.25, 0.3) is 0 Å². The van der Waals surface area contributed by atoms with E-state index in [0.717, 1.165) is 17.1 Å². The highest BCUT2D eigenvalue weighted by molar-refractivity contribution is 7.19. The van der Waals surface area contributed by atoms with Crippen molar-refractivity contribution in [3.63, 3.8) is 0 Å². The summed E-state index contributed by atoms with van der Waals surface area (Å²) in [5.74, 6) is 0. The van der Waals surface area contributed by atoms with Crippen LogP contribution in [0.25, 0.3) is 38.6 Å². The molecule has 8 aromatic carbocycles. The average molecular weight is 669 g/mol. The largest absolute Gasteiger partial charge is 0.355 e. The van der Waals surface area contributed by atoms with E-state index in [2.05, 4.69) is 222 Å². The van der Waals surface area contributed by atoms with E-state index in [1.807, 2.05) is 0 Å². The number of nitrogens with zero attached hydrogens (tertiary/aromatic N) is 1. The SMILES string of the molecule is c1ccc(-n2c3ccccc3c3c(Nc4ccc(-c5ccc([Si](c6ccccc6)(c6ccccc6)c6ccccc6)cc5)cc4)cccc32)cc1. The zero-order chi connectivity index (χ0) is 34.0. The fraction of sp³-hybridized carbons (Fsp3) is 0. The molecular weight excluding hydrogens is 633 g/mol. The number of hydrogen-bond acceptors (Lipinski definition) is 1. The molecule has 0 spiro atoms. The van der Waals surface area contributed by atoms with Crippen LogP contribution in [0.15, 0.2) is 212 Å². The van der Waals surface area contributed by atoms with Gasteiger partial charge in [-0.1, -0.05) is 170 Å². The maximum Gasteiger partial charge on any atom is 0.179 e. The lowest BCUT2D eigenvalue weighted by atomic mass is 10.1. The van der Waals surface area contributed by atoms with E-state index in [1.54, 1.807) is 0 Å². The first-order valence-electron chi connectivity index (χ1n) is 17.5. The van der Waals surface area contributed by atoms with Crippen LogP contribution in [-0.2, 0) is 0 Å². The minimum atomic E-state index is -2.55. The van der Waals surface area contributed by atoms with E-state index in [-0.39, 0.29) is 0 Å². The van der Waals surface area contributed by atoms with Crippen molar-refractivity contribution in [3.05, 3.63) is 212 Å². The van der Waals surface area contributed by atoms with E-state index < -0.39 is 8.07 Å². The van der Waals surface area contributed by atoms with Crippen LogP contribution in [0.3, 0.4) is 0 Å². The van der Waals surface area contributed by atoms with Gasteiger partial charge in [-0.2, -0.15) is 0 Å². The van der Waals surface area contributed by atoms with Gasteiger partial charge in [0.1, 0.15) is 0 Å². The Bertz CT molecular complexity index is 2460. The summed E-state index contributed by atoms with van der Waals surface area (Å²) >= 11 is 0. The summed E-state index contributed by atoms with van der Waals surface area (Å²) in [5.41, 5.74) is 8.10. The highest BCUT2D eigenvalue weighted by Gasteiger charge is 2.41. The summed E-state index contributed by atoms with van der Waals surface area (Å²) in [7, 11) is -2.55. The summed E-state index contributed by atoms with van der Waals surface area (Å²) in [6, 6.07) is 77.2. The molecule has 1 aromatic heterocycles. The van der Waals surface area contributed by atoms with Gasteiger partial charge in [0.2, 0.25) is 0 Å². The van der Waals surface area contributed by atoms with Crippen LogP contribution >= 0.6 is 0 Å². The zero-order valence-electron chi connectivity index (χ0n) is 28.2. The second-order valence-corrected chi connectivity index (χ2v) is 16.8. The first-order chi connectivity index (χ1) is 25.3. The molecule has 0 amide bonds. The number of aromatic nitrogens is 1. The summed E-state index contributed by atoms with van der Waals surface area (Å²) in [6.45, 7) is 0. The molecular formula is C48H36N2Si. The standard InChI is InChI=1S/C48H36N2Si/c1-5-16-39(17-6-1)50-46-26-14-13-24-44(46)48-45(25-15-27-47(48)50)49-38-32-28-36(29-33-38)37-30-34-43(35-31-37)51(40-18-7-2-8-19-40,41-20-9-3-10-21-41)42-22-11-4-12-23-42/h1-35,49H. The van der Waals surface area contributed by atoms with Crippen LogP contribution < -0.4 is 26.1 Å². The normalized spacial score (nSPS) is 11.5. The summed E-state index contributed by atoms with van der Waals surface area (Å²) < 4.78 is 2.35. The van der Waals surface area contributed by atoms with E-state index >= 15 is 0 Å². The van der Waals surface area contributed by atoms with E-state index in [1.165, 1.54) is 53.7 Å². The lowest BCUT2D eigenvalue weighted by molar-refractivity contribution is 1.18. The van der Waals surface area contributed by atoms with Gasteiger partial charge in [-0.25, -0.2) is 0 Å². The molecule has 9 rings (SSSR count). The third kappa shape index (κ3) is 5.36. The van der Waals surface area contributed by atoms with Crippen LogP contribution in [0.2, 0.25) is 0 Å². The zero-order valence-corrected chi connectivity index (χ0v) is 29.2. The first-order valence-corrected chi connectivity index (χ1v) is 19.5. The fourth-order valence-electron chi connectivity index (χ4n) is 7.86. The van der Waals surface area contributed by atoms with Gasteiger partial charge in [0.15, 0.2) is 8.07 Å². The van der Waals surface area contributed by atoms with E-state index in [4.69, 9.17) is 0 Å². The maximum absolute atomic E-state index is 3.76. The highest BCUT2D eigenvalue weighted by atomic mass is 28.3. The number of benzene rings is 8. The van der Waals surface area contributed by atoms with Gasteiger partial charge in [-0.15, -0.1) is 0 Å². The molecule has 0 atom stereocenters. The number of fused-ring (bicyclic) bond motifs is 3. The van der Waals surface area contributed by atoms with Crippen molar-refractivity contribution < 1.29 is 0 Å². The van der Waals surface area contributed by atoms with Crippen molar-refractivity contribution in [2.75, 3.05) is 5.32 Å². The van der Waals surface area contributed by atoms with Crippen LogP contribution in [0.4, 0.5) is 11.4 Å². The predicted octanol–water partition coefficient (Wildman–Crippen LogP) is 9.57. The van der Waals surface area contributed by atoms with Gasteiger partial charge in [-0.05, 0) is 74.3 Å². The number of nitrogens with one attached hydrogen (secondary N) is 1. The van der Waals surface area contributed by atoms with Crippen molar-refractivity contribution in [1.29, 1.82) is 0 Å². The Morgan fingerprint density at radius 2 is 0.804 bits per heavy atom. The fourth-order valence-corrected chi connectivity index (χ4v) is 12.6. The lowest BCUT2D eigenvalue weighted by Gasteiger charge is -2.34. The van der Waals surface area contributed by atoms with Crippen molar-refractivity contribution in [3.8, 4) is 16.8 Å². The average Bonchev–Trinajstić information content (AvgIpc) is 3.56. The molecule has 0 bridgehead atoms. The number of hydrogen-bond donors (Lipinski definition) is 1. The molecule has 0 unspecified atom stereocenters. The first kappa shape index (κ1) is 30.6. The van der Waals surface area contributed by atoms with Crippen LogP contribution in [0.5, 0.6) is 0 Å². The number of rotatable bonds is 8. The predicted molar refractivity (Wildman–Crippen MR) is 220 cm³/mol. The summed E-state index contributed by atoms with van der Waals surface area (Å²) in [5, 5.41) is 11.7. The molecule has 0 aliphatic carbocycles. The molecule has 9 aromatic rings. The minimum Gasteiger partial charge on any atom is -0.355 e. The van der Waals surface area contributed by atoms with Crippen molar-refractivity contribution in [1.82, 2.24) is 4.57 Å². The highest BCUT2D eigenvalue weighted by Crippen LogP contribution is 2.37. The van der Waals surface area contributed by atoms with E-state index in [0.29, 0.717) is 0 Å². The Hall–Kier alpha value is -6.42. The molecule has 51 heavy (non-hydrogen) atoms. The van der Waals surface area contributed by atoms with Crippen LogP contribution in [0, 0.1) is 0 Å². The second kappa shape index (κ2) is 13.1.